The van der Waals surface area contributed by atoms with Crippen molar-refractivity contribution in [1.29, 1.82) is 0 Å². The first-order valence-corrected chi connectivity index (χ1v) is 5.77. The third-order valence-corrected chi connectivity index (χ3v) is 3.19. The molecule has 90 valence electrons. The third kappa shape index (κ3) is 2.81. The monoisotopic (exact) mass is 262 g/mol. The Morgan fingerprint density at radius 2 is 2.16 bits per heavy atom. The molecule has 1 aliphatic rings. The van der Waals surface area contributed by atoms with Gasteiger partial charge in [-0.05, 0) is 41.7 Å². The van der Waals surface area contributed by atoms with Gasteiger partial charge in [-0.25, -0.2) is 4.98 Å². The summed E-state index contributed by atoms with van der Waals surface area (Å²) in [5.74, 6) is -1.14. The summed E-state index contributed by atoms with van der Waals surface area (Å²) in [5.41, 5.74) is 3.46. The summed E-state index contributed by atoms with van der Waals surface area (Å²) >= 11 is 0. The quantitative estimate of drug-likeness (QED) is 0.600. The standard InChI is InChI=1S/C14H12N2O2.Na/c17-14(18)11-2-1-10-3-4-13(8-12(10)7-11)16-6-5-15-9-16;/h1-2,5-9H,3-4H2,(H,17,18);/q;+1/p-1. The van der Waals surface area contributed by atoms with Gasteiger partial charge in [0.1, 0.15) is 0 Å². The zero-order chi connectivity index (χ0) is 12.5. The number of hydrogen-bond acceptors (Lipinski definition) is 3. The molecule has 1 heterocycles. The first kappa shape index (κ1) is 14.1. The van der Waals surface area contributed by atoms with Gasteiger partial charge in [-0.1, -0.05) is 12.1 Å². The molecule has 0 unspecified atom stereocenters. The maximum absolute atomic E-state index is 10.8. The summed E-state index contributed by atoms with van der Waals surface area (Å²) in [7, 11) is 0. The fraction of sp³-hybridized carbons (Fsp3) is 0.143. The van der Waals surface area contributed by atoms with Crippen LogP contribution in [-0.2, 0) is 6.42 Å². The molecule has 3 rings (SSSR count). The number of carbonyl (C=O) groups excluding carboxylic acids is 1. The predicted octanol–water partition coefficient (Wildman–Crippen LogP) is -1.81. The second-order valence-electron chi connectivity index (χ2n) is 4.31. The van der Waals surface area contributed by atoms with E-state index in [-0.39, 0.29) is 35.1 Å². The summed E-state index contributed by atoms with van der Waals surface area (Å²) in [6.45, 7) is 0. The van der Waals surface area contributed by atoms with Crippen molar-refractivity contribution in [3.8, 4) is 0 Å². The van der Waals surface area contributed by atoms with E-state index in [2.05, 4.69) is 4.98 Å². The van der Waals surface area contributed by atoms with E-state index in [1.54, 1.807) is 24.7 Å². The Labute approximate surface area is 133 Å². The molecule has 0 saturated carbocycles. The number of allylic oxidation sites excluding steroid dienone is 1. The van der Waals surface area contributed by atoms with Gasteiger partial charge < -0.3 is 14.5 Å². The first-order valence-electron chi connectivity index (χ1n) is 5.77. The number of carbonyl (C=O) groups is 1. The van der Waals surface area contributed by atoms with Crippen LogP contribution in [0.1, 0.15) is 27.9 Å². The number of nitrogens with zero attached hydrogens (tertiary/aromatic N) is 2. The van der Waals surface area contributed by atoms with Crippen LogP contribution in [0, 0.1) is 0 Å². The molecule has 1 aromatic carbocycles. The molecule has 5 heteroatoms. The van der Waals surface area contributed by atoms with E-state index in [9.17, 15) is 9.90 Å². The number of aromatic carboxylic acids is 1. The third-order valence-electron chi connectivity index (χ3n) is 3.19. The zero-order valence-corrected chi connectivity index (χ0v) is 12.7. The van der Waals surface area contributed by atoms with Gasteiger partial charge in [0.15, 0.2) is 0 Å². The van der Waals surface area contributed by atoms with Gasteiger partial charge in [0.25, 0.3) is 0 Å². The summed E-state index contributed by atoms with van der Waals surface area (Å²) in [6, 6.07) is 5.13. The van der Waals surface area contributed by atoms with Crippen LogP contribution in [0.5, 0.6) is 0 Å². The molecule has 0 radical (unpaired) electrons. The summed E-state index contributed by atoms with van der Waals surface area (Å²) in [4.78, 5) is 14.9. The van der Waals surface area contributed by atoms with Crippen molar-refractivity contribution >= 4 is 17.7 Å². The van der Waals surface area contributed by atoms with Crippen LogP contribution in [0.4, 0.5) is 0 Å². The smallest absolute Gasteiger partial charge is 0.545 e. The van der Waals surface area contributed by atoms with Gasteiger partial charge in [-0.2, -0.15) is 0 Å². The van der Waals surface area contributed by atoms with Gasteiger partial charge >= 0.3 is 29.6 Å². The van der Waals surface area contributed by atoms with Crippen molar-refractivity contribution in [2.75, 3.05) is 0 Å². The molecule has 0 aliphatic heterocycles. The van der Waals surface area contributed by atoms with Crippen molar-refractivity contribution in [3.63, 3.8) is 0 Å². The number of carboxylic acid groups (broad SMARTS) is 1. The van der Waals surface area contributed by atoms with Gasteiger partial charge in [-0.3, -0.25) is 0 Å². The number of fused-ring (bicyclic) bond motifs is 1. The Bertz CT molecular complexity index is 633. The van der Waals surface area contributed by atoms with Crippen LogP contribution in [0.15, 0.2) is 36.9 Å². The zero-order valence-electron chi connectivity index (χ0n) is 10.7. The van der Waals surface area contributed by atoms with Gasteiger partial charge in [0.05, 0.1) is 12.3 Å². The number of rotatable bonds is 2. The second kappa shape index (κ2) is 5.74. The van der Waals surface area contributed by atoms with Crippen molar-refractivity contribution in [2.24, 2.45) is 0 Å². The molecule has 4 nitrogen and oxygen atoms in total. The molecule has 0 amide bonds. The van der Waals surface area contributed by atoms with Crippen LogP contribution >= 0.6 is 0 Å². The molecule has 0 saturated heterocycles. The van der Waals surface area contributed by atoms with E-state index in [4.69, 9.17) is 0 Å². The summed E-state index contributed by atoms with van der Waals surface area (Å²) < 4.78 is 1.95. The minimum absolute atomic E-state index is 0. The van der Waals surface area contributed by atoms with E-state index >= 15 is 0 Å². The molecule has 0 atom stereocenters. The van der Waals surface area contributed by atoms with Gasteiger partial charge in [0.2, 0.25) is 0 Å². The second-order valence-corrected chi connectivity index (χ2v) is 4.31. The van der Waals surface area contributed by atoms with Crippen LogP contribution in [0.3, 0.4) is 0 Å². The Hall–Kier alpha value is -1.36. The Kier molecular flexibility index (Phi) is 4.24. The predicted molar refractivity (Wildman–Crippen MR) is 65.5 cm³/mol. The Balaban J connectivity index is 0.00000133. The largest absolute Gasteiger partial charge is 1.00 e. The molecule has 2 aromatic rings. The van der Waals surface area contributed by atoms with Crippen LogP contribution in [-0.4, -0.2) is 15.5 Å². The molecule has 0 fully saturated rings. The SMILES string of the molecule is O=C([O-])c1ccc2c(c1)C=C(n1ccnc1)CC2.[Na+]. The van der Waals surface area contributed by atoms with Gasteiger partial charge in [0, 0.05) is 18.1 Å². The number of imidazole rings is 1. The molecule has 1 aromatic heterocycles. The number of carboxylic acids is 1. The molecule has 1 aliphatic carbocycles. The van der Waals surface area contributed by atoms with Crippen LogP contribution in [0.25, 0.3) is 11.8 Å². The van der Waals surface area contributed by atoms with Crippen LogP contribution in [0.2, 0.25) is 0 Å². The molecular formula is C14H11N2NaO2. The first-order chi connectivity index (χ1) is 8.74. The maximum Gasteiger partial charge on any atom is 1.00 e. The van der Waals surface area contributed by atoms with E-state index < -0.39 is 5.97 Å². The number of aromatic nitrogens is 2. The summed E-state index contributed by atoms with van der Waals surface area (Å²) in [6.07, 6.45) is 9.21. The van der Waals surface area contributed by atoms with Crippen LogP contribution < -0.4 is 34.7 Å². The number of hydrogen-bond donors (Lipinski definition) is 0. The Morgan fingerprint density at radius 3 is 2.84 bits per heavy atom. The fourth-order valence-corrected chi connectivity index (χ4v) is 2.23. The number of benzene rings is 1. The molecular weight excluding hydrogens is 251 g/mol. The van der Waals surface area contributed by atoms with Crippen molar-refractivity contribution in [2.45, 2.75) is 12.8 Å². The van der Waals surface area contributed by atoms with Crippen molar-refractivity contribution in [1.82, 2.24) is 9.55 Å². The average molecular weight is 262 g/mol. The fourth-order valence-electron chi connectivity index (χ4n) is 2.23. The molecule has 0 bridgehead atoms. The summed E-state index contributed by atoms with van der Waals surface area (Å²) in [5, 5.41) is 10.8. The topological polar surface area (TPSA) is 57.9 Å². The van der Waals surface area contributed by atoms with Crippen molar-refractivity contribution < 1.29 is 39.5 Å². The minimum Gasteiger partial charge on any atom is -0.545 e. The average Bonchev–Trinajstić information content (AvgIpc) is 2.91. The Morgan fingerprint density at radius 1 is 1.32 bits per heavy atom. The van der Waals surface area contributed by atoms with E-state index in [0.29, 0.717) is 0 Å². The molecule has 19 heavy (non-hydrogen) atoms. The maximum atomic E-state index is 10.8. The van der Waals surface area contributed by atoms with Gasteiger partial charge in [-0.15, -0.1) is 0 Å². The number of aryl methyl sites for hydroxylation is 1. The van der Waals surface area contributed by atoms with E-state index in [1.165, 1.54) is 5.56 Å². The van der Waals surface area contributed by atoms with E-state index in [1.807, 2.05) is 22.9 Å². The molecule has 0 N–H and O–H groups in total. The minimum atomic E-state index is -1.14. The van der Waals surface area contributed by atoms with Crippen molar-refractivity contribution in [3.05, 3.63) is 53.6 Å². The van der Waals surface area contributed by atoms with E-state index in [0.717, 1.165) is 24.1 Å². The molecule has 0 spiro atoms. The normalized spacial score (nSPS) is 13.2.